The summed E-state index contributed by atoms with van der Waals surface area (Å²) in [5.41, 5.74) is 0.630. The van der Waals surface area contributed by atoms with E-state index in [1.54, 1.807) is 9.80 Å². The molecule has 0 fully saturated rings. The molecule has 0 radical (unpaired) electrons. The van der Waals surface area contributed by atoms with Crippen molar-refractivity contribution in [3.8, 4) is 0 Å². The molecule has 0 saturated heterocycles. The van der Waals surface area contributed by atoms with Gasteiger partial charge in [0.15, 0.2) is 0 Å². The first-order valence-corrected chi connectivity index (χ1v) is 6.82. The highest BCUT2D eigenvalue weighted by Gasteiger charge is 2.26. The molecule has 20 heavy (non-hydrogen) atoms. The summed E-state index contributed by atoms with van der Waals surface area (Å²) in [6.07, 6.45) is 2.63. The van der Waals surface area contributed by atoms with Crippen LogP contribution in [0, 0.1) is 0 Å². The van der Waals surface area contributed by atoms with Crippen molar-refractivity contribution in [2.24, 2.45) is 0 Å². The Morgan fingerprint density at radius 1 is 0.850 bits per heavy atom. The minimum Gasteiger partial charge on any atom is -0.395 e. The van der Waals surface area contributed by atoms with Gasteiger partial charge in [0, 0.05) is 38.3 Å². The Hall–Kier alpha value is -1.66. The van der Waals surface area contributed by atoms with Gasteiger partial charge in [0.05, 0.1) is 24.6 Å². The molecule has 0 aromatic heterocycles. The first-order valence-electron chi connectivity index (χ1n) is 6.82. The number of carbonyl (C=O) groups excluding carboxylic acids is 2. The zero-order chi connectivity index (χ0) is 15.1. The maximum absolute atomic E-state index is 12.1. The van der Waals surface area contributed by atoms with Gasteiger partial charge in [-0.2, -0.15) is 0 Å². The van der Waals surface area contributed by atoms with E-state index in [1.807, 2.05) is 13.8 Å². The molecule has 0 unspecified atom stereocenters. The van der Waals surface area contributed by atoms with Crippen LogP contribution in [-0.4, -0.2) is 71.0 Å². The van der Waals surface area contributed by atoms with E-state index < -0.39 is 0 Å². The fraction of sp³-hybridized carbons (Fsp3) is 0.571. The predicted molar refractivity (Wildman–Crippen MR) is 74.8 cm³/mol. The molecule has 0 spiro atoms. The zero-order valence-electron chi connectivity index (χ0n) is 12.0. The van der Waals surface area contributed by atoms with Crippen LogP contribution in [0.2, 0.25) is 0 Å². The number of hydrogen-bond acceptors (Lipinski definition) is 6. The second kappa shape index (κ2) is 7.81. The van der Waals surface area contributed by atoms with Gasteiger partial charge in [-0.1, -0.05) is 0 Å². The minimum atomic E-state index is -0.244. The molecule has 0 amide bonds. The third kappa shape index (κ3) is 3.68. The van der Waals surface area contributed by atoms with Crippen LogP contribution in [0.3, 0.4) is 0 Å². The number of aliphatic hydroxyl groups excluding tert-OH is 2. The van der Waals surface area contributed by atoms with Crippen molar-refractivity contribution in [1.29, 1.82) is 0 Å². The Labute approximate surface area is 119 Å². The van der Waals surface area contributed by atoms with Crippen molar-refractivity contribution in [3.63, 3.8) is 0 Å². The van der Waals surface area contributed by atoms with E-state index in [-0.39, 0.29) is 24.8 Å². The largest absolute Gasteiger partial charge is 0.395 e. The van der Waals surface area contributed by atoms with Gasteiger partial charge >= 0.3 is 0 Å². The Balaban J connectivity index is 2.95. The highest BCUT2D eigenvalue weighted by molar-refractivity contribution is 6.19. The van der Waals surface area contributed by atoms with E-state index >= 15 is 0 Å². The van der Waals surface area contributed by atoms with Gasteiger partial charge in [-0.25, -0.2) is 0 Å². The topological polar surface area (TPSA) is 81.1 Å². The number of allylic oxidation sites excluding steroid dienone is 2. The molecular weight excluding hydrogens is 260 g/mol. The lowest BCUT2D eigenvalue weighted by Gasteiger charge is -2.29. The molecule has 0 aromatic carbocycles. The number of likely N-dealkylation sites (N-methyl/N-ethyl adjacent to an activating group) is 2. The van der Waals surface area contributed by atoms with Crippen molar-refractivity contribution in [2.75, 3.05) is 39.4 Å². The first-order chi connectivity index (χ1) is 9.58. The van der Waals surface area contributed by atoms with Crippen molar-refractivity contribution in [2.45, 2.75) is 13.8 Å². The van der Waals surface area contributed by atoms with Crippen LogP contribution in [-0.2, 0) is 9.59 Å². The fourth-order valence-electron chi connectivity index (χ4n) is 2.17. The first kappa shape index (κ1) is 16.4. The Morgan fingerprint density at radius 2 is 1.20 bits per heavy atom. The highest BCUT2D eigenvalue weighted by Crippen LogP contribution is 2.18. The highest BCUT2D eigenvalue weighted by atomic mass is 16.3. The van der Waals surface area contributed by atoms with E-state index in [2.05, 4.69) is 0 Å². The van der Waals surface area contributed by atoms with E-state index in [9.17, 15) is 9.59 Å². The van der Waals surface area contributed by atoms with Gasteiger partial charge in [-0.3, -0.25) is 9.59 Å². The predicted octanol–water partition coefficient (Wildman–Crippen LogP) is -0.466. The van der Waals surface area contributed by atoms with Crippen LogP contribution in [0.4, 0.5) is 0 Å². The molecule has 1 aliphatic rings. The average Bonchev–Trinajstić information content (AvgIpc) is 2.44. The van der Waals surface area contributed by atoms with Crippen molar-refractivity contribution in [3.05, 3.63) is 23.5 Å². The zero-order valence-corrected chi connectivity index (χ0v) is 12.0. The van der Waals surface area contributed by atoms with Crippen molar-refractivity contribution >= 4 is 11.6 Å². The molecule has 1 aliphatic carbocycles. The number of aliphatic hydroxyl groups is 2. The molecule has 112 valence electrons. The van der Waals surface area contributed by atoms with Crippen LogP contribution in [0.1, 0.15) is 13.8 Å². The third-order valence-corrected chi connectivity index (χ3v) is 3.23. The molecule has 6 nitrogen and oxygen atoms in total. The van der Waals surface area contributed by atoms with E-state index in [4.69, 9.17) is 10.2 Å². The Morgan fingerprint density at radius 3 is 1.45 bits per heavy atom. The minimum absolute atomic E-state index is 0.0746. The summed E-state index contributed by atoms with van der Waals surface area (Å²) in [6, 6.07) is 0. The van der Waals surface area contributed by atoms with E-state index in [0.717, 1.165) is 0 Å². The smallest absolute Gasteiger partial charge is 0.204 e. The number of carbonyl (C=O) groups is 2. The summed E-state index contributed by atoms with van der Waals surface area (Å²) < 4.78 is 0. The van der Waals surface area contributed by atoms with Crippen LogP contribution < -0.4 is 0 Å². The van der Waals surface area contributed by atoms with Crippen molar-refractivity contribution < 1.29 is 19.8 Å². The number of ketones is 2. The molecule has 0 aliphatic heterocycles. The molecule has 0 bridgehead atoms. The quantitative estimate of drug-likeness (QED) is 0.586. The van der Waals surface area contributed by atoms with Crippen LogP contribution >= 0.6 is 0 Å². The maximum Gasteiger partial charge on any atom is 0.204 e. The normalized spacial score (nSPS) is 15.0. The summed E-state index contributed by atoms with van der Waals surface area (Å²) in [6.45, 7) is 5.29. The lowest BCUT2D eigenvalue weighted by atomic mass is 10.0. The summed E-state index contributed by atoms with van der Waals surface area (Å²) in [5, 5.41) is 18.0. The van der Waals surface area contributed by atoms with Gasteiger partial charge in [-0.15, -0.1) is 0 Å². The van der Waals surface area contributed by atoms with Crippen molar-refractivity contribution in [1.82, 2.24) is 9.80 Å². The van der Waals surface area contributed by atoms with Crippen LogP contribution in [0.15, 0.2) is 23.5 Å². The molecular formula is C14H22N2O4. The molecule has 0 heterocycles. The van der Waals surface area contributed by atoms with Gasteiger partial charge in [0.25, 0.3) is 0 Å². The number of rotatable bonds is 8. The summed E-state index contributed by atoms with van der Waals surface area (Å²) in [7, 11) is 0. The lowest BCUT2D eigenvalue weighted by molar-refractivity contribution is -0.117. The molecule has 6 heteroatoms. The van der Waals surface area contributed by atoms with Crippen LogP contribution in [0.25, 0.3) is 0 Å². The van der Waals surface area contributed by atoms with E-state index in [1.165, 1.54) is 12.2 Å². The molecule has 0 atom stereocenters. The lowest BCUT2D eigenvalue weighted by Crippen LogP contribution is -2.36. The summed E-state index contributed by atoms with van der Waals surface area (Å²) in [4.78, 5) is 27.6. The third-order valence-electron chi connectivity index (χ3n) is 3.23. The van der Waals surface area contributed by atoms with E-state index in [0.29, 0.717) is 37.6 Å². The SMILES string of the molecule is CCN(CCO)C1=CC(=O)C(N(CC)CCO)=CC1=O. The summed E-state index contributed by atoms with van der Waals surface area (Å²) in [5.74, 6) is -0.488. The molecule has 0 aromatic rings. The Kier molecular flexibility index (Phi) is 6.41. The van der Waals surface area contributed by atoms with Gasteiger partial charge in [0.1, 0.15) is 0 Å². The number of nitrogens with zero attached hydrogens (tertiary/aromatic N) is 2. The van der Waals surface area contributed by atoms with Crippen LogP contribution in [0.5, 0.6) is 0 Å². The van der Waals surface area contributed by atoms with Gasteiger partial charge in [0.2, 0.25) is 11.6 Å². The fourth-order valence-corrected chi connectivity index (χ4v) is 2.17. The maximum atomic E-state index is 12.1. The molecule has 2 N–H and O–H groups in total. The summed E-state index contributed by atoms with van der Waals surface area (Å²) >= 11 is 0. The molecule has 1 rings (SSSR count). The second-order valence-electron chi connectivity index (χ2n) is 4.39. The monoisotopic (exact) mass is 282 g/mol. The standard InChI is InChI=1S/C14H22N2O4/c1-3-15(5-7-17)11-9-14(20)12(10-13(11)19)16(4-2)6-8-18/h9-10,17-18H,3-8H2,1-2H3. The number of hydrogen-bond donors (Lipinski definition) is 2. The van der Waals surface area contributed by atoms with Gasteiger partial charge in [-0.05, 0) is 13.8 Å². The van der Waals surface area contributed by atoms with Gasteiger partial charge < -0.3 is 20.0 Å². The Bertz CT molecular complexity index is 389. The second-order valence-corrected chi connectivity index (χ2v) is 4.39. The molecule has 0 saturated carbocycles. The average molecular weight is 282 g/mol.